The Bertz CT molecular complexity index is 553. The fourth-order valence-electron chi connectivity index (χ4n) is 2.60. The molecule has 0 radical (unpaired) electrons. The van der Waals surface area contributed by atoms with Gasteiger partial charge in [-0.1, -0.05) is 19.9 Å². The number of hydrogen-bond donors (Lipinski definition) is 1. The van der Waals surface area contributed by atoms with Crippen molar-refractivity contribution in [2.24, 2.45) is 5.41 Å². The lowest BCUT2D eigenvalue weighted by Crippen LogP contribution is -2.63. The third kappa shape index (κ3) is 2.66. The van der Waals surface area contributed by atoms with Crippen molar-refractivity contribution in [1.29, 1.82) is 0 Å². The molecule has 0 unspecified atom stereocenters. The van der Waals surface area contributed by atoms with Crippen LogP contribution in [0, 0.1) is 5.41 Å². The third-order valence-corrected chi connectivity index (χ3v) is 4.11. The Morgan fingerprint density at radius 1 is 1.24 bits per heavy atom. The summed E-state index contributed by atoms with van der Waals surface area (Å²) in [6.45, 7) is 3.82. The average molecular weight is 289 g/mol. The second-order valence-electron chi connectivity index (χ2n) is 5.12. The Hall–Kier alpha value is -2.24. The molecule has 0 saturated carbocycles. The van der Waals surface area contributed by atoms with Crippen LogP contribution < -0.4 is 5.32 Å². The molecule has 0 spiro atoms. The number of imide groups is 2. The largest absolute Gasteiger partial charge is 0.330 e. The fraction of sp³-hybridized carbons (Fsp3) is 0.467. The molecule has 1 aliphatic heterocycles. The van der Waals surface area contributed by atoms with Crippen LogP contribution in [0.25, 0.3) is 0 Å². The minimum Gasteiger partial charge on any atom is -0.277 e. The van der Waals surface area contributed by atoms with Crippen molar-refractivity contribution in [2.45, 2.75) is 33.1 Å². The lowest BCUT2D eigenvalue weighted by Gasteiger charge is -2.38. The molecule has 1 saturated heterocycles. The van der Waals surface area contributed by atoms with E-state index in [9.17, 15) is 14.4 Å². The number of urea groups is 1. The third-order valence-electron chi connectivity index (χ3n) is 4.11. The number of aromatic nitrogens is 1. The molecule has 4 amide bonds. The van der Waals surface area contributed by atoms with E-state index in [-0.39, 0.29) is 6.54 Å². The van der Waals surface area contributed by atoms with Crippen LogP contribution in [0.15, 0.2) is 24.5 Å². The molecule has 1 fully saturated rings. The molecule has 2 rings (SSSR count). The van der Waals surface area contributed by atoms with E-state index in [4.69, 9.17) is 0 Å². The van der Waals surface area contributed by atoms with Crippen LogP contribution in [0.3, 0.4) is 0 Å². The zero-order chi connectivity index (χ0) is 15.5. The maximum absolute atomic E-state index is 12.6. The first kappa shape index (κ1) is 15.2. The number of amides is 4. The van der Waals surface area contributed by atoms with Crippen LogP contribution in [0.4, 0.5) is 4.79 Å². The Morgan fingerprint density at radius 2 is 1.95 bits per heavy atom. The monoisotopic (exact) mass is 289 g/mol. The van der Waals surface area contributed by atoms with Crippen LogP contribution in [-0.4, -0.2) is 34.3 Å². The summed E-state index contributed by atoms with van der Waals surface area (Å²) in [4.78, 5) is 41.7. The van der Waals surface area contributed by atoms with Crippen molar-refractivity contribution >= 4 is 17.8 Å². The predicted molar refractivity (Wildman–Crippen MR) is 76.2 cm³/mol. The first-order chi connectivity index (χ1) is 10.0. The summed E-state index contributed by atoms with van der Waals surface area (Å²) in [5.74, 6) is -0.884. The van der Waals surface area contributed by atoms with E-state index < -0.39 is 23.3 Å². The number of pyridine rings is 1. The van der Waals surface area contributed by atoms with Crippen LogP contribution in [0.1, 0.15) is 32.3 Å². The van der Waals surface area contributed by atoms with Crippen LogP contribution in [0.5, 0.6) is 0 Å². The normalized spacial score (nSPS) is 17.8. The summed E-state index contributed by atoms with van der Waals surface area (Å²) in [7, 11) is 0. The predicted octanol–water partition coefficient (Wildman–Crippen LogP) is 1.51. The highest BCUT2D eigenvalue weighted by Crippen LogP contribution is 2.32. The summed E-state index contributed by atoms with van der Waals surface area (Å²) in [5, 5.41) is 2.30. The molecule has 0 bridgehead atoms. The van der Waals surface area contributed by atoms with Crippen molar-refractivity contribution in [1.82, 2.24) is 15.2 Å². The van der Waals surface area contributed by atoms with E-state index in [0.29, 0.717) is 19.3 Å². The number of rotatable bonds is 5. The molecular weight excluding hydrogens is 270 g/mol. The first-order valence-electron chi connectivity index (χ1n) is 7.11. The van der Waals surface area contributed by atoms with E-state index in [1.807, 2.05) is 6.07 Å². The van der Waals surface area contributed by atoms with Gasteiger partial charge in [0.05, 0.1) is 0 Å². The Balaban J connectivity index is 2.16. The van der Waals surface area contributed by atoms with E-state index in [2.05, 4.69) is 10.3 Å². The number of hydrogen-bond acceptors (Lipinski definition) is 4. The van der Waals surface area contributed by atoms with Crippen LogP contribution >= 0.6 is 0 Å². The van der Waals surface area contributed by atoms with Crippen molar-refractivity contribution < 1.29 is 14.4 Å². The molecule has 0 aliphatic carbocycles. The van der Waals surface area contributed by atoms with Gasteiger partial charge in [0.15, 0.2) is 0 Å². The molecule has 1 aliphatic rings. The summed E-state index contributed by atoms with van der Waals surface area (Å²) in [6.07, 6.45) is 4.64. The van der Waals surface area contributed by atoms with Crippen LogP contribution in [-0.2, 0) is 16.0 Å². The molecule has 112 valence electrons. The zero-order valence-electron chi connectivity index (χ0n) is 12.3. The second kappa shape index (κ2) is 6.03. The minimum absolute atomic E-state index is 0.241. The molecule has 6 heteroatoms. The van der Waals surface area contributed by atoms with Crippen molar-refractivity contribution in [3.63, 3.8) is 0 Å². The van der Waals surface area contributed by atoms with E-state index in [1.165, 1.54) is 0 Å². The number of carbonyl (C=O) groups is 3. The van der Waals surface area contributed by atoms with Crippen molar-refractivity contribution in [3.05, 3.63) is 30.1 Å². The summed E-state index contributed by atoms with van der Waals surface area (Å²) in [5.41, 5.74) is -0.184. The van der Waals surface area contributed by atoms with Crippen molar-refractivity contribution in [3.8, 4) is 0 Å². The van der Waals surface area contributed by atoms with Gasteiger partial charge in [0, 0.05) is 18.9 Å². The molecule has 1 N–H and O–H groups in total. The molecule has 6 nitrogen and oxygen atoms in total. The van der Waals surface area contributed by atoms with Gasteiger partial charge in [-0.25, -0.2) is 4.79 Å². The van der Waals surface area contributed by atoms with E-state index in [1.54, 1.807) is 32.3 Å². The first-order valence-corrected chi connectivity index (χ1v) is 7.11. The summed E-state index contributed by atoms with van der Waals surface area (Å²) >= 11 is 0. The molecule has 0 aromatic carbocycles. The van der Waals surface area contributed by atoms with Gasteiger partial charge in [0.2, 0.25) is 11.8 Å². The molecule has 1 aromatic heterocycles. The highest BCUT2D eigenvalue weighted by atomic mass is 16.2. The molecular formula is C15H19N3O3. The van der Waals surface area contributed by atoms with E-state index in [0.717, 1.165) is 10.5 Å². The Morgan fingerprint density at radius 3 is 2.52 bits per heavy atom. The summed E-state index contributed by atoms with van der Waals surface area (Å²) in [6, 6.07) is 3.06. The van der Waals surface area contributed by atoms with Gasteiger partial charge in [-0.2, -0.15) is 0 Å². The standard InChI is InChI=1S/C15H19N3O3/c1-3-15(4-2)12(19)17-14(21)18(13(15)20)9-7-11-6-5-8-16-10-11/h5-6,8,10H,3-4,7,9H2,1-2H3,(H,17,19,21). The molecule has 21 heavy (non-hydrogen) atoms. The van der Waals surface area contributed by atoms with Gasteiger partial charge in [0.25, 0.3) is 0 Å². The topological polar surface area (TPSA) is 79.4 Å². The van der Waals surface area contributed by atoms with Gasteiger partial charge in [0.1, 0.15) is 5.41 Å². The van der Waals surface area contributed by atoms with E-state index >= 15 is 0 Å². The maximum Gasteiger partial charge on any atom is 0.330 e. The lowest BCUT2D eigenvalue weighted by molar-refractivity contribution is -0.152. The number of nitrogens with one attached hydrogen (secondary N) is 1. The van der Waals surface area contributed by atoms with Gasteiger partial charge >= 0.3 is 6.03 Å². The highest BCUT2D eigenvalue weighted by molar-refractivity contribution is 6.19. The number of barbiturate groups is 1. The number of carbonyl (C=O) groups excluding carboxylic acids is 3. The quantitative estimate of drug-likeness (QED) is 0.833. The van der Waals surface area contributed by atoms with Gasteiger partial charge in [-0.05, 0) is 30.9 Å². The zero-order valence-corrected chi connectivity index (χ0v) is 12.3. The smallest absolute Gasteiger partial charge is 0.277 e. The lowest BCUT2D eigenvalue weighted by atomic mass is 9.78. The minimum atomic E-state index is -1.12. The Labute approximate surface area is 123 Å². The second-order valence-corrected chi connectivity index (χ2v) is 5.12. The van der Waals surface area contributed by atoms with Crippen molar-refractivity contribution in [2.75, 3.05) is 6.54 Å². The van der Waals surface area contributed by atoms with Gasteiger partial charge in [-0.3, -0.25) is 24.8 Å². The van der Waals surface area contributed by atoms with Crippen LogP contribution in [0.2, 0.25) is 0 Å². The van der Waals surface area contributed by atoms with Gasteiger partial charge < -0.3 is 0 Å². The Kier molecular flexibility index (Phi) is 4.35. The number of nitrogens with zero attached hydrogens (tertiary/aromatic N) is 2. The fourth-order valence-corrected chi connectivity index (χ4v) is 2.60. The SMILES string of the molecule is CCC1(CC)C(=O)NC(=O)N(CCc2cccnc2)C1=O. The summed E-state index contributed by atoms with van der Waals surface area (Å²) < 4.78 is 0. The molecule has 1 aromatic rings. The highest BCUT2D eigenvalue weighted by Gasteiger charge is 2.51. The molecule has 2 heterocycles. The molecule has 0 atom stereocenters. The average Bonchev–Trinajstić information content (AvgIpc) is 2.49. The van der Waals surface area contributed by atoms with Gasteiger partial charge in [-0.15, -0.1) is 0 Å². The maximum atomic E-state index is 12.6.